The van der Waals surface area contributed by atoms with Gasteiger partial charge < -0.3 is 10.1 Å². The fraction of sp³-hybridized carbons (Fsp3) is 0.600. The van der Waals surface area contributed by atoms with Crippen molar-refractivity contribution in [1.82, 2.24) is 4.90 Å². The number of nitro benzene ring substituents is 1. The Morgan fingerprint density at radius 3 is 2.91 bits per heavy atom. The molecule has 1 N–H and O–H groups in total. The number of hydrogen-bond acceptors (Lipinski definition) is 5. The fourth-order valence-electron chi connectivity index (χ4n) is 2.80. The predicted octanol–water partition coefficient (Wildman–Crippen LogP) is 3.48. The largest absolute Gasteiger partial charge is 0.427 e. The molecule has 1 fully saturated rings. The number of anilines is 1. The molecule has 0 aliphatic carbocycles. The zero-order valence-electron chi connectivity index (χ0n) is 13.0. The normalized spacial score (nSPS) is 18.9. The van der Waals surface area contributed by atoms with Crippen molar-refractivity contribution >= 4 is 11.4 Å². The van der Waals surface area contributed by atoms with Crippen LogP contribution in [0, 0.1) is 10.1 Å². The predicted molar refractivity (Wildman–Crippen MR) is 83.1 cm³/mol. The van der Waals surface area contributed by atoms with Crippen LogP contribution in [0.3, 0.4) is 0 Å². The molecule has 128 valence electrons. The standard InChI is InChI=1S/C15H21F2N3O3/c1-11-4-2-3-8-19(11)9-7-18-12-5-6-13(20(21)22)14(10-12)23-15(16)17/h5-6,10-11,15,18H,2-4,7-9H2,1H3. The Hall–Kier alpha value is -1.96. The van der Waals surface area contributed by atoms with Crippen molar-refractivity contribution in [1.29, 1.82) is 0 Å². The zero-order valence-corrected chi connectivity index (χ0v) is 13.0. The maximum Gasteiger partial charge on any atom is 0.387 e. The average Bonchev–Trinajstić information content (AvgIpc) is 2.48. The maximum absolute atomic E-state index is 12.4. The van der Waals surface area contributed by atoms with Gasteiger partial charge in [0.1, 0.15) is 0 Å². The second-order valence-corrected chi connectivity index (χ2v) is 5.63. The third kappa shape index (κ3) is 5.02. The van der Waals surface area contributed by atoms with Gasteiger partial charge in [0.25, 0.3) is 0 Å². The van der Waals surface area contributed by atoms with E-state index in [0.717, 1.165) is 13.1 Å². The molecule has 1 saturated heterocycles. The summed E-state index contributed by atoms with van der Waals surface area (Å²) in [5.41, 5.74) is 0.0522. The highest BCUT2D eigenvalue weighted by atomic mass is 19.3. The van der Waals surface area contributed by atoms with Gasteiger partial charge in [0.2, 0.25) is 5.75 Å². The van der Waals surface area contributed by atoms with E-state index >= 15 is 0 Å². The molecule has 0 radical (unpaired) electrons. The first-order chi connectivity index (χ1) is 11.0. The van der Waals surface area contributed by atoms with Crippen LogP contribution < -0.4 is 10.1 Å². The zero-order chi connectivity index (χ0) is 16.8. The average molecular weight is 329 g/mol. The molecule has 1 aromatic carbocycles. The molecule has 1 atom stereocenters. The first-order valence-corrected chi connectivity index (χ1v) is 7.68. The summed E-state index contributed by atoms with van der Waals surface area (Å²) < 4.78 is 29.0. The van der Waals surface area contributed by atoms with E-state index in [1.807, 2.05) is 0 Å². The Bertz CT molecular complexity index is 543. The molecule has 1 unspecified atom stereocenters. The van der Waals surface area contributed by atoms with Crippen LogP contribution in [0.5, 0.6) is 5.75 Å². The maximum atomic E-state index is 12.4. The first kappa shape index (κ1) is 17.4. The summed E-state index contributed by atoms with van der Waals surface area (Å²) in [5, 5.41) is 13.9. The molecular weight excluding hydrogens is 308 g/mol. The van der Waals surface area contributed by atoms with Gasteiger partial charge in [-0.1, -0.05) is 6.42 Å². The Morgan fingerprint density at radius 1 is 1.48 bits per heavy atom. The van der Waals surface area contributed by atoms with Crippen molar-refractivity contribution < 1.29 is 18.4 Å². The second kappa shape index (κ2) is 8.05. The van der Waals surface area contributed by atoms with E-state index < -0.39 is 23.0 Å². The minimum atomic E-state index is -3.10. The number of hydrogen-bond donors (Lipinski definition) is 1. The number of halogens is 2. The Balaban J connectivity index is 1.95. The summed E-state index contributed by atoms with van der Waals surface area (Å²) in [6, 6.07) is 4.45. The van der Waals surface area contributed by atoms with E-state index in [9.17, 15) is 18.9 Å². The summed E-state index contributed by atoms with van der Waals surface area (Å²) in [4.78, 5) is 12.5. The smallest absolute Gasteiger partial charge is 0.387 e. The lowest BCUT2D eigenvalue weighted by molar-refractivity contribution is -0.386. The summed E-state index contributed by atoms with van der Waals surface area (Å²) in [7, 11) is 0. The number of nitrogens with one attached hydrogen (secondary N) is 1. The number of likely N-dealkylation sites (tertiary alicyclic amines) is 1. The van der Waals surface area contributed by atoms with E-state index in [4.69, 9.17) is 0 Å². The highest BCUT2D eigenvalue weighted by Gasteiger charge is 2.20. The Morgan fingerprint density at radius 2 is 2.26 bits per heavy atom. The summed E-state index contributed by atoms with van der Waals surface area (Å²) >= 11 is 0. The third-order valence-electron chi connectivity index (χ3n) is 4.04. The second-order valence-electron chi connectivity index (χ2n) is 5.63. The van der Waals surface area contributed by atoms with Crippen LogP contribution in [0.1, 0.15) is 26.2 Å². The third-order valence-corrected chi connectivity index (χ3v) is 4.04. The van der Waals surface area contributed by atoms with Crippen LogP contribution in [0.15, 0.2) is 18.2 Å². The molecule has 0 spiro atoms. The Labute approximate surface area is 133 Å². The number of nitro groups is 1. The van der Waals surface area contributed by atoms with Crippen molar-refractivity contribution in [2.24, 2.45) is 0 Å². The lowest BCUT2D eigenvalue weighted by Gasteiger charge is -2.33. The van der Waals surface area contributed by atoms with E-state index in [2.05, 4.69) is 21.9 Å². The van der Waals surface area contributed by atoms with Gasteiger partial charge in [0.05, 0.1) is 4.92 Å². The van der Waals surface area contributed by atoms with Crippen molar-refractivity contribution in [3.8, 4) is 5.75 Å². The number of rotatable bonds is 7. The highest BCUT2D eigenvalue weighted by Crippen LogP contribution is 2.31. The van der Waals surface area contributed by atoms with Crippen LogP contribution in [-0.4, -0.2) is 42.1 Å². The monoisotopic (exact) mass is 329 g/mol. The van der Waals surface area contributed by atoms with E-state index in [1.165, 1.54) is 37.5 Å². The minimum absolute atomic E-state index is 0.429. The lowest BCUT2D eigenvalue weighted by Crippen LogP contribution is -2.40. The summed E-state index contributed by atoms with van der Waals surface area (Å²) in [5.74, 6) is -0.429. The molecule has 8 heteroatoms. The molecule has 1 aromatic rings. The van der Waals surface area contributed by atoms with E-state index in [-0.39, 0.29) is 0 Å². The first-order valence-electron chi connectivity index (χ1n) is 7.68. The number of piperidine rings is 1. The van der Waals surface area contributed by atoms with Crippen LogP contribution in [0.25, 0.3) is 0 Å². The van der Waals surface area contributed by atoms with Crippen molar-refractivity contribution in [2.45, 2.75) is 38.8 Å². The quantitative estimate of drug-likeness (QED) is 0.613. The molecule has 1 aliphatic rings. The minimum Gasteiger partial charge on any atom is -0.427 e. The van der Waals surface area contributed by atoms with Gasteiger partial charge in [0.15, 0.2) is 0 Å². The van der Waals surface area contributed by atoms with Gasteiger partial charge in [-0.3, -0.25) is 15.0 Å². The van der Waals surface area contributed by atoms with Crippen molar-refractivity contribution in [3.05, 3.63) is 28.3 Å². The molecule has 6 nitrogen and oxygen atoms in total. The van der Waals surface area contributed by atoms with E-state index in [0.29, 0.717) is 18.3 Å². The van der Waals surface area contributed by atoms with Crippen LogP contribution in [0.4, 0.5) is 20.2 Å². The molecule has 0 amide bonds. The van der Waals surface area contributed by atoms with Gasteiger partial charge >= 0.3 is 12.3 Å². The number of nitrogens with zero attached hydrogens (tertiary/aromatic N) is 2. The van der Waals surface area contributed by atoms with Crippen LogP contribution in [0.2, 0.25) is 0 Å². The molecule has 1 aliphatic heterocycles. The molecule has 0 aromatic heterocycles. The highest BCUT2D eigenvalue weighted by molar-refractivity contribution is 5.58. The molecule has 0 saturated carbocycles. The van der Waals surface area contributed by atoms with Gasteiger partial charge in [-0.05, 0) is 32.4 Å². The molecule has 1 heterocycles. The molecule has 23 heavy (non-hydrogen) atoms. The number of alkyl halides is 2. The lowest BCUT2D eigenvalue weighted by atomic mass is 10.0. The van der Waals surface area contributed by atoms with E-state index in [1.54, 1.807) is 0 Å². The summed E-state index contributed by atoms with van der Waals surface area (Å²) in [6.45, 7) is 1.63. The van der Waals surface area contributed by atoms with Gasteiger partial charge in [-0.25, -0.2) is 0 Å². The number of benzene rings is 1. The molecular formula is C15H21F2N3O3. The van der Waals surface area contributed by atoms with Crippen LogP contribution in [-0.2, 0) is 0 Å². The van der Waals surface area contributed by atoms with Gasteiger partial charge in [-0.2, -0.15) is 8.78 Å². The SMILES string of the molecule is CC1CCCCN1CCNc1ccc([N+](=O)[O-])c(OC(F)F)c1. The Kier molecular flexibility index (Phi) is 6.09. The van der Waals surface area contributed by atoms with Crippen molar-refractivity contribution in [2.75, 3.05) is 25.0 Å². The van der Waals surface area contributed by atoms with Gasteiger partial charge in [0, 0.05) is 37.0 Å². The van der Waals surface area contributed by atoms with Crippen LogP contribution >= 0.6 is 0 Å². The fourth-order valence-corrected chi connectivity index (χ4v) is 2.80. The van der Waals surface area contributed by atoms with Gasteiger partial charge in [-0.15, -0.1) is 0 Å². The van der Waals surface area contributed by atoms with Crippen molar-refractivity contribution in [3.63, 3.8) is 0 Å². The topological polar surface area (TPSA) is 67.6 Å². The molecule has 2 rings (SSSR count). The summed E-state index contributed by atoms with van der Waals surface area (Å²) in [6.07, 6.45) is 3.62. The number of ether oxygens (including phenoxy) is 1. The molecule has 0 bridgehead atoms.